The molecule has 0 amide bonds. The number of hydrogen-bond donors (Lipinski definition) is 7. The van der Waals surface area contributed by atoms with Crippen molar-refractivity contribution in [3.8, 4) is 0 Å². The minimum atomic E-state index is -4.68. The van der Waals surface area contributed by atoms with Crippen LogP contribution in [0.4, 0.5) is 128 Å². The number of nitrogens with one attached hydrogen (secondary N) is 3. The number of carbonyl (C=O) groups is 5. The predicted molar refractivity (Wildman–Crippen MR) is 453 cm³/mol. The van der Waals surface area contributed by atoms with Crippen molar-refractivity contribution in [2.75, 3.05) is 34.5 Å². The number of hydrogen-bond acceptors (Lipinski definition) is 17. The minimum Gasteiger partial charge on any atom is -0.480 e. The number of nitro groups is 2. The van der Waals surface area contributed by atoms with Crippen molar-refractivity contribution in [1.29, 1.82) is 0 Å². The topological polar surface area (TPSA) is 315 Å². The van der Waals surface area contributed by atoms with Crippen LogP contribution in [-0.4, -0.2) is 83.2 Å². The van der Waals surface area contributed by atoms with Gasteiger partial charge in [-0.15, -0.1) is 0 Å². The van der Waals surface area contributed by atoms with Gasteiger partial charge >= 0.3 is 54.4 Å². The van der Waals surface area contributed by atoms with Crippen molar-refractivity contribution in [3.63, 3.8) is 0 Å². The average molecular weight is 2120 g/mol. The highest BCUT2D eigenvalue weighted by Crippen LogP contribution is 2.47. The maximum absolute atomic E-state index is 13.0. The van der Waals surface area contributed by atoms with Gasteiger partial charge in [0.25, 0.3) is 11.4 Å². The number of nitrogens with zero attached hydrogens (tertiary/aromatic N) is 2. The van der Waals surface area contributed by atoms with Crippen molar-refractivity contribution >= 4 is 173 Å². The molecule has 0 saturated carbocycles. The normalized spacial score (nSPS) is 14.1. The fraction of sp³-hybridized carbons (Fsp3) is 0.392. The van der Waals surface area contributed by atoms with Crippen LogP contribution in [0.1, 0.15) is 151 Å². The highest BCUT2D eigenvalue weighted by Gasteiger charge is 2.46. The third-order valence-corrected chi connectivity index (χ3v) is 21.4. The Morgan fingerprint density at radius 3 is 1.14 bits per heavy atom. The lowest BCUT2D eigenvalue weighted by atomic mass is 9.84. The Balaban J connectivity index is 0.000000709. The van der Waals surface area contributed by atoms with Gasteiger partial charge in [0.1, 0.15) is 11.1 Å². The summed E-state index contributed by atoms with van der Waals surface area (Å²) in [5.41, 5.74) is 12.9. The first-order valence-corrected chi connectivity index (χ1v) is 39.4. The molecule has 10 rings (SSSR count). The highest BCUT2D eigenvalue weighted by atomic mass is 79.9. The Hall–Kier alpha value is -8.56. The third kappa shape index (κ3) is 34.5. The number of nitrogen functional groups attached to an aromatic ring is 2. The summed E-state index contributed by atoms with van der Waals surface area (Å²) < 4.78 is 255. The van der Waals surface area contributed by atoms with Crippen LogP contribution in [0, 0.1) is 68.7 Å². The molecule has 0 radical (unpaired) electrons. The number of rotatable bonds is 4. The summed E-state index contributed by atoms with van der Waals surface area (Å²) in [6, 6.07) is 18.7. The van der Waals surface area contributed by atoms with Crippen molar-refractivity contribution in [2.24, 2.45) is 5.73 Å². The number of alkyl halides is 21. The number of methoxy groups -OCH3 is 1. The smallest absolute Gasteiger partial charge is 0.422 e. The number of ketones is 2. The number of aliphatic carboxylic acids is 1. The molecule has 10 N–H and O–H groups in total. The Morgan fingerprint density at radius 1 is 0.488 bits per heavy atom. The molecule has 0 fully saturated rings. The van der Waals surface area contributed by atoms with Crippen LogP contribution in [0.25, 0.3) is 0 Å². The van der Waals surface area contributed by atoms with E-state index in [4.69, 9.17) is 34.5 Å². The van der Waals surface area contributed by atoms with Crippen LogP contribution in [0.3, 0.4) is 0 Å². The van der Waals surface area contributed by atoms with Crippen molar-refractivity contribution in [2.45, 2.75) is 195 Å². The summed E-state index contributed by atoms with van der Waals surface area (Å²) in [4.78, 5) is 72.4. The maximum Gasteiger partial charge on any atom is 0.422 e. The Bertz CT molecular complexity index is 5030. The lowest BCUT2D eigenvalue weighted by Crippen LogP contribution is -2.45. The van der Waals surface area contributed by atoms with E-state index >= 15 is 0 Å². The van der Waals surface area contributed by atoms with E-state index < -0.39 is 125 Å². The van der Waals surface area contributed by atoms with Crippen molar-refractivity contribution in [1.82, 2.24) is 0 Å². The molecule has 3 aliphatic heterocycles. The number of esters is 1. The van der Waals surface area contributed by atoms with E-state index in [1.54, 1.807) is 68.4 Å². The van der Waals surface area contributed by atoms with Gasteiger partial charge in [0.15, 0.2) is 11.6 Å². The van der Waals surface area contributed by atoms with E-state index in [-0.39, 0.29) is 74.3 Å². The summed E-state index contributed by atoms with van der Waals surface area (Å²) in [6.07, 6.45) is -26.9. The Kier molecular flexibility index (Phi) is 40.7. The monoisotopic (exact) mass is 2120 g/mol. The average Bonchev–Trinajstić information content (AvgIpc) is 0.763. The number of ether oxygens (including phenoxy) is 1. The molecule has 46 heteroatoms. The first kappa shape index (κ1) is 114. The first-order valence-electron chi connectivity index (χ1n) is 35.1. The van der Waals surface area contributed by atoms with E-state index in [2.05, 4.69) is 108 Å². The predicted octanol–water partition coefficient (Wildman–Crippen LogP) is 25.4. The number of aryl methyl sites for hydroxylation is 5. The number of Topliss-reactive ketones (excluding diaryl/α,β-unsaturated/α-hetero) is 2. The summed E-state index contributed by atoms with van der Waals surface area (Å²) in [6.45, 7) is 26.6. The van der Waals surface area contributed by atoms with Gasteiger partial charge in [-0.05, 0) is 263 Å². The fourth-order valence-corrected chi connectivity index (χ4v) is 12.5. The number of carbonyl (C=O) groups excluding carboxylic acids is 4. The molecule has 125 heavy (non-hydrogen) atoms. The molecule has 0 saturated heterocycles. The maximum atomic E-state index is 13.0. The van der Waals surface area contributed by atoms with E-state index in [9.17, 15) is 132 Å². The van der Waals surface area contributed by atoms with Gasteiger partial charge in [-0.25, -0.2) is 4.79 Å². The number of nitro benzene ring substituents is 2. The SMILES string of the molecule is CC(=O)Cl.CC(C)(N)C(=O)O.COC(=O)C(F)(F)Cl.Cc1c(Br)cc(C(F)(F)F)c(N)c1Br.Cc1c(Br)cc(C(F)(F)F)c2c1NC(C)(C)C(=O)C2.Cc1ccc(Br)c([N+](=O)[O-])c1.Cc1ccc(C(F)(F)F)c(N)c1.Cc1ccc(C(F)(F)F)c([N+](=O)[O-])c1.Cc1ccc(C(F)(F)F)c2c1NC(C)(C)C(=O)C2.Cc1ccc(C(F)(F)F)c2c1NC(C)(C)C(=S)C2. The second-order valence-electron chi connectivity index (χ2n) is 29.3. The minimum absolute atomic E-state index is 0.0394. The van der Waals surface area contributed by atoms with Crippen LogP contribution in [-0.2, 0) is 85.0 Å². The van der Waals surface area contributed by atoms with Gasteiger partial charge in [0.2, 0.25) is 5.24 Å². The van der Waals surface area contributed by atoms with Gasteiger partial charge in [0, 0.05) is 79.4 Å². The molecule has 7 aromatic carbocycles. The first-order chi connectivity index (χ1) is 56.0. The molecule has 19 nitrogen and oxygen atoms in total. The zero-order valence-corrected chi connectivity index (χ0v) is 77.3. The summed E-state index contributed by atoms with van der Waals surface area (Å²) in [5, 5.41) is 33.5. The summed E-state index contributed by atoms with van der Waals surface area (Å²) >= 11 is 26.3. The van der Waals surface area contributed by atoms with Crippen molar-refractivity contribution in [3.05, 3.63) is 218 Å². The molecule has 0 unspecified atom stereocenters. The lowest BCUT2D eigenvalue weighted by Gasteiger charge is -2.36. The van der Waals surface area contributed by atoms with Crippen molar-refractivity contribution < 1.29 is 131 Å². The van der Waals surface area contributed by atoms with Crippen LogP contribution in [0.15, 0.2) is 109 Å². The second kappa shape index (κ2) is 44.4. The molecule has 0 aliphatic carbocycles. The van der Waals surface area contributed by atoms with Gasteiger partial charge in [-0.1, -0.05) is 74.4 Å². The van der Waals surface area contributed by atoms with Crippen LogP contribution < -0.4 is 33.2 Å². The molecule has 7 aromatic rings. The molecule has 692 valence electrons. The molecule has 3 aliphatic rings. The van der Waals surface area contributed by atoms with E-state index in [1.807, 2.05) is 26.8 Å². The summed E-state index contributed by atoms with van der Waals surface area (Å²) in [7, 11) is 0.832. The second-order valence-corrected chi connectivity index (χ2v) is 34.2. The molecule has 0 bridgehead atoms. The van der Waals surface area contributed by atoms with E-state index in [0.717, 1.165) is 65.8 Å². The Morgan fingerprint density at radius 2 is 0.800 bits per heavy atom. The number of benzene rings is 7. The number of halogens is 26. The standard InChI is InChI=1S/C13H13BrF3NO.C13H14F3NO.C13H14F3NS.C8H6Br2F3N.C8H6F3NO2.C8H8F3N.C7H6BrNO2.C4H9NO2.C3H3ClF2O2.C2H3ClO/c1-6-9(14)5-8(13(15,16)17)7-4-10(19)12(2,3)18-11(6)7;2*1-7-4-5-9(13(14,15)16)8-6-10(18)12(2,3)17-11(7)8;1-3-5(9)2-4(8(11,12)13)7(14)6(3)10;1-5-2-3-6(8(9,10)11)7(4-5)12(13)14;1-5-2-3-6(7(12)4-5)8(9,10)11;1-5-2-3-6(8)7(4-5)9(10)11;1-4(2,5)3(6)7;1-8-2(7)3(4,5)6;1-2(3)4/h5,18H,4H2,1-3H3;2*4-5,17H,6H2,1-3H3;2H,14H2,1H3;2-4H,1H3;2-4H,12H2,1H3;2-4H,1H3;5H2,1-2H3,(H,6,7);1H3;1H3. The number of anilines is 5. The Labute approximate surface area is 752 Å². The molecular weight excluding hydrogens is 2040 g/mol. The molecule has 0 spiro atoms. The van der Waals surface area contributed by atoms with Crippen LogP contribution in [0.2, 0.25) is 0 Å². The summed E-state index contributed by atoms with van der Waals surface area (Å²) in [5.74, 6) is -3.19. The van der Waals surface area contributed by atoms with E-state index in [0.29, 0.717) is 58.1 Å². The number of carboxylic acids is 1. The number of nitrogens with two attached hydrogens (primary N) is 3. The zero-order valence-electron chi connectivity index (χ0n) is 68.7. The van der Waals surface area contributed by atoms with Gasteiger partial charge in [0.05, 0.1) is 71.6 Å². The van der Waals surface area contributed by atoms with Gasteiger partial charge < -0.3 is 43.0 Å². The number of thiocarbonyl (C=S) groups is 1. The number of carboxylic acid groups (broad SMARTS) is 1. The highest BCUT2D eigenvalue weighted by molar-refractivity contribution is 9.11. The van der Waals surface area contributed by atoms with Crippen LogP contribution >= 0.6 is 99.1 Å². The van der Waals surface area contributed by atoms with E-state index in [1.165, 1.54) is 64.1 Å². The molecule has 3 heterocycles. The molecule has 0 aromatic heterocycles. The largest absolute Gasteiger partial charge is 0.480 e. The number of fused-ring (bicyclic) bond motifs is 3. The van der Waals surface area contributed by atoms with Gasteiger partial charge in [-0.3, -0.25) is 39.4 Å². The fourth-order valence-electron chi connectivity index (χ4n) is 10.3. The zero-order chi connectivity index (χ0) is 98.3. The third-order valence-electron chi connectivity index (χ3n) is 17.2. The molecule has 0 atom stereocenters. The lowest BCUT2D eigenvalue weighted by molar-refractivity contribution is -0.388. The quantitative estimate of drug-likeness (QED) is 0.0126. The van der Waals surface area contributed by atoms with Gasteiger partial charge in [-0.2, -0.15) is 87.8 Å². The van der Waals surface area contributed by atoms with Crippen LogP contribution in [0.5, 0.6) is 0 Å². The molecular formula is C79H82Br4Cl2F20N8O11S.